The van der Waals surface area contributed by atoms with E-state index in [4.69, 9.17) is 32.7 Å². The van der Waals surface area contributed by atoms with Crippen LogP contribution in [-0.4, -0.2) is 43.9 Å². The molecule has 0 radical (unpaired) electrons. The van der Waals surface area contributed by atoms with E-state index in [2.05, 4.69) is 0 Å². The topological polar surface area (TPSA) is 55.8 Å². The number of rotatable bonds is 5. The maximum Gasteiger partial charge on any atom is 0.254 e. The van der Waals surface area contributed by atoms with Crippen molar-refractivity contribution in [2.24, 2.45) is 5.92 Å². The number of carbonyl (C=O) groups is 2. The summed E-state index contributed by atoms with van der Waals surface area (Å²) in [6.45, 7) is 1.02. The van der Waals surface area contributed by atoms with E-state index in [1.54, 1.807) is 55.5 Å². The smallest absolute Gasteiger partial charge is 0.254 e. The average molecular weight is 422 g/mol. The van der Waals surface area contributed by atoms with Crippen molar-refractivity contribution in [3.8, 4) is 11.5 Å². The highest BCUT2D eigenvalue weighted by molar-refractivity contribution is 6.42. The van der Waals surface area contributed by atoms with Crippen LogP contribution in [0.15, 0.2) is 36.4 Å². The number of nitrogens with zero attached hydrogens (tertiary/aromatic N) is 1. The Morgan fingerprint density at radius 2 is 1.50 bits per heavy atom. The van der Waals surface area contributed by atoms with Crippen LogP contribution in [0.2, 0.25) is 10.0 Å². The first-order valence-corrected chi connectivity index (χ1v) is 9.70. The molecule has 1 saturated heterocycles. The van der Waals surface area contributed by atoms with Gasteiger partial charge in [-0.3, -0.25) is 9.59 Å². The van der Waals surface area contributed by atoms with Crippen LogP contribution in [-0.2, 0) is 0 Å². The molecule has 0 aromatic heterocycles. The van der Waals surface area contributed by atoms with E-state index >= 15 is 0 Å². The Bertz CT molecular complexity index is 870. The van der Waals surface area contributed by atoms with Crippen LogP contribution in [0.25, 0.3) is 0 Å². The minimum atomic E-state index is -0.138. The van der Waals surface area contributed by atoms with E-state index < -0.39 is 0 Å². The first-order chi connectivity index (χ1) is 13.4. The summed E-state index contributed by atoms with van der Waals surface area (Å²) in [5.41, 5.74) is 1.06. The van der Waals surface area contributed by atoms with Crippen LogP contribution in [0.1, 0.15) is 33.6 Å². The maximum atomic E-state index is 12.9. The predicted octanol–water partition coefficient (Wildman–Crippen LogP) is 4.75. The van der Waals surface area contributed by atoms with Gasteiger partial charge in [0, 0.05) is 36.2 Å². The Hall–Kier alpha value is -2.24. The Morgan fingerprint density at radius 3 is 2.04 bits per heavy atom. The third kappa shape index (κ3) is 4.42. The average Bonchev–Trinajstić information content (AvgIpc) is 2.74. The molecule has 28 heavy (non-hydrogen) atoms. The quantitative estimate of drug-likeness (QED) is 0.653. The molecule has 148 valence electrons. The molecule has 1 heterocycles. The lowest BCUT2D eigenvalue weighted by Gasteiger charge is -2.31. The number of Topliss-reactive ketones (excluding diaryl/α,β-unsaturated/α-hetero) is 1. The first kappa shape index (κ1) is 20.5. The van der Waals surface area contributed by atoms with Gasteiger partial charge in [0.25, 0.3) is 5.91 Å². The van der Waals surface area contributed by atoms with Crippen molar-refractivity contribution in [2.45, 2.75) is 12.8 Å². The lowest BCUT2D eigenvalue weighted by atomic mass is 9.88. The molecule has 0 atom stereocenters. The molecule has 1 amide bonds. The molecule has 0 unspecified atom stereocenters. The van der Waals surface area contributed by atoms with Gasteiger partial charge in [-0.2, -0.15) is 0 Å². The maximum absolute atomic E-state index is 12.9. The van der Waals surface area contributed by atoms with Crippen molar-refractivity contribution in [3.63, 3.8) is 0 Å². The summed E-state index contributed by atoms with van der Waals surface area (Å²) in [6.07, 6.45) is 1.21. The fraction of sp³-hybridized carbons (Fsp3) is 0.333. The molecule has 7 heteroatoms. The molecule has 2 aromatic carbocycles. The van der Waals surface area contributed by atoms with E-state index in [0.717, 1.165) is 0 Å². The van der Waals surface area contributed by atoms with Crippen molar-refractivity contribution in [3.05, 3.63) is 57.6 Å². The van der Waals surface area contributed by atoms with Crippen LogP contribution in [0, 0.1) is 5.92 Å². The van der Waals surface area contributed by atoms with Crippen LogP contribution < -0.4 is 9.47 Å². The first-order valence-electron chi connectivity index (χ1n) is 8.94. The summed E-state index contributed by atoms with van der Waals surface area (Å²) in [7, 11) is 3.09. The summed E-state index contributed by atoms with van der Waals surface area (Å²) < 4.78 is 10.5. The number of hydrogen-bond acceptors (Lipinski definition) is 4. The Kier molecular flexibility index (Phi) is 6.47. The normalized spacial score (nSPS) is 14.6. The number of methoxy groups -OCH3 is 2. The number of ether oxygens (including phenoxy) is 2. The lowest BCUT2D eigenvalue weighted by Crippen LogP contribution is -2.40. The highest BCUT2D eigenvalue weighted by Crippen LogP contribution is 2.28. The van der Waals surface area contributed by atoms with Crippen molar-refractivity contribution in [1.82, 2.24) is 4.90 Å². The van der Waals surface area contributed by atoms with Gasteiger partial charge in [-0.05, 0) is 43.2 Å². The second-order valence-corrected chi connectivity index (χ2v) is 7.48. The summed E-state index contributed by atoms with van der Waals surface area (Å²) in [4.78, 5) is 27.4. The molecular formula is C21H21Cl2NO4. The molecule has 1 aliphatic rings. The van der Waals surface area contributed by atoms with E-state index in [0.29, 0.717) is 58.6 Å². The Balaban J connectivity index is 1.67. The van der Waals surface area contributed by atoms with Crippen molar-refractivity contribution in [2.75, 3.05) is 27.3 Å². The van der Waals surface area contributed by atoms with Gasteiger partial charge in [0.1, 0.15) is 11.5 Å². The molecule has 0 N–H and O–H groups in total. The van der Waals surface area contributed by atoms with Crippen LogP contribution in [0.3, 0.4) is 0 Å². The molecule has 1 fully saturated rings. The van der Waals surface area contributed by atoms with Gasteiger partial charge < -0.3 is 14.4 Å². The number of likely N-dealkylation sites (tertiary alicyclic amines) is 1. The summed E-state index contributed by atoms with van der Waals surface area (Å²) in [6, 6.07) is 10.0. The zero-order chi connectivity index (χ0) is 20.3. The van der Waals surface area contributed by atoms with Crippen LogP contribution >= 0.6 is 23.2 Å². The molecule has 0 spiro atoms. The largest absolute Gasteiger partial charge is 0.497 e. The molecular weight excluding hydrogens is 401 g/mol. The molecule has 5 nitrogen and oxygen atoms in total. The number of benzene rings is 2. The van der Waals surface area contributed by atoms with Gasteiger partial charge in [-0.15, -0.1) is 0 Å². The molecule has 1 aliphatic heterocycles. The number of ketones is 1. The fourth-order valence-corrected chi connectivity index (χ4v) is 3.64. The summed E-state index contributed by atoms with van der Waals surface area (Å²) in [5, 5.41) is 0.791. The van der Waals surface area contributed by atoms with Crippen molar-refractivity contribution in [1.29, 1.82) is 0 Å². The summed E-state index contributed by atoms with van der Waals surface area (Å²) >= 11 is 11.9. The third-order valence-corrected chi connectivity index (χ3v) is 5.69. The fourth-order valence-electron chi connectivity index (χ4n) is 3.34. The zero-order valence-electron chi connectivity index (χ0n) is 15.7. The lowest BCUT2D eigenvalue weighted by molar-refractivity contribution is 0.0650. The number of amides is 1. The van der Waals surface area contributed by atoms with E-state index in [1.807, 2.05) is 0 Å². The molecule has 2 aromatic rings. The zero-order valence-corrected chi connectivity index (χ0v) is 17.2. The van der Waals surface area contributed by atoms with Crippen molar-refractivity contribution >= 4 is 34.9 Å². The number of halogens is 2. The van der Waals surface area contributed by atoms with Gasteiger partial charge in [-0.25, -0.2) is 0 Å². The van der Waals surface area contributed by atoms with Gasteiger partial charge in [0.05, 0.1) is 24.3 Å². The SMILES string of the molecule is COc1cc(OC)cc(C(=O)N2CCC(C(=O)c3ccc(Cl)c(Cl)c3)CC2)c1. The minimum absolute atomic E-state index is 0.0358. The molecule has 0 aliphatic carbocycles. The molecule has 3 rings (SSSR count). The Morgan fingerprint density at radius 1 is 0.893 bits per heavy atom. The van der Waals surface area contributed by atoms with Gasteiger partial charge >= 0.3 is 0 Å². The van der Waals surface area contributed by atoms with Gasteiger partial charge in [0.15, 0.2) is 5.78 Å². The Labute approximate surface area is 174 Å². The summed E-state index contributed by atoms with van der Waals surface area (Å²) in [5.74, 6) is 0.923. The molecule has 0 bridgehead atoms. The standard InChI is InChI=1S/C21H21Cl2NO4/c1-27-16-9-15(10-17(12-16)28-2)21(26)24-7-5-13(6-8-24)20(25)14-3-4-18(22)19(23)11-14/h3-4,9-13H,5-8H2,1-2H3. The highest BCUT2D eigenvalue weighted by atomic mass is 35.5. The second kappa shape index (κ2) is 8.84. The molecule has 0 saturated carbocycles. The third-order valence-electron chi connectivity index (χ3n) is 4.96. The number of piperidine rings is 1. The monoisotopic (exact) mass is 421 g/mol. The van der Waals surface area contributed by atoms with Crippen LogP contribution in [0.4, 0.5) is 0 Å². The van der Waals surface area contributed by atoms with Gasteiger partial charge in [-0.1, -0.05) is 23.2 Å². The number of hydrogen-bond donors (Lipinski definition) is 0. The minimum Gasteiger partial charge on any atom is -0.497 e. The highest BCUT2D eigenvalue weighted by Gasteiger charge is 2.29. The van der Waals surface area contributed by atoms with Gasteiger partial charge in [0.2, 0.25) is 0 Å². The number of carbonyl (C=O) groups excluding carboxylic acids is 2. The van der Waals surface area contributed by atoms with E-state index in [1.165, 1.54) is 0 Å². The van der Waals surface area contributed by atoms with Crippen LogP contribution in [0.5, 0.6) is 11.5 Å². The van der Waals surface area contributed by atoms with E-state index in [9.17, 15) is 9.59 Å². The second-order valence-electron chi connectivity index (χ2n) is 6.66. The predicted molar refractivity (Wildman–Crippen MR) is 109 cm³/mol. The van der Waals surface area contributed by atoms with Crippen molar-refractivity contribution < 1.29 is 19.1 Å². The van der Waals surface area contributed by atoms with E-state index in [-0.39, 0.29) is 17.6 Å².